The Bertz CT molecular complexity index is 447. The highest BCUT2D eigenvalue weighted by Crippen LogP contribution is 2.40. The van der Waals surface area contributed by atoms with E-state index in [0.717, 1.165) is 11.3 Å². The Morgan fingerprint density at radius 2 is 1.73 bits per heavy atom. The van der Waals surface area contributed by atoms with Crippen molar-refractivity contribution in [2.75, 3.05) is 0 Å². The number of thiazole rings is 1. The fourth-order valence-electron chi connectivity index (χ4n) is 1.15. The lowest BCUT2D eigenvalue weighted by molar-refractivity contribution is 1.17. The van der Waals surface area contributed by atoms with Crippen LogP contribution in [0.2, 0.25) is 0 Å². The Balaban J connectivity index is 2.37. The first-order valence-corrected chi connectivity index (χ1v) is 6.17. The molecule has 2 rings (SSSR count). The van der Waals surface area contributed by atoms with Crippen LogP contribution in [0.4, 0.5) is 0 Å². The molecule has 0 saturated carbocycles. The van der Waals surface area contributed by atoms with Crippen molar-refractivity contribution < 1.29 is 0 Å². The van der Waals surface area contributed by atoms with Gasteiger partial charge in [-0.2, -0.15) is 0 Å². The van der Waals surface area contributed by atoms with Gasteiger partial charge in [0.15, 0.2) is 0 Å². The first-order chi connectivity index (χ1) is 7.07. The van der Waals surface area contributed by atoms with Gasteiger partial charge in [-0.1, -0.05) is 65.1 Å². The number of nitrogens with zero attached hydrogens (tertiary/aromatic N) is 1. The van der Waals surface area contributed by atoms with Crippen LogP contribution in [0.1, 0.15) is 5.01 Å². The zero-order valence-electron chi connectivity index (χ0n) is 7.45. The number of benzene rings is 1. The Morgan fingerprint density at radius 1 is 1.07 bits per heavy atom. The van der Waals surface area contributed by atoms with Crippen LogP contribution in [0.15, 0.2) is 35.7 Å². The largest absolute Gasteiger partial charge is 0.242 e. The topological polar surface area (TPSA) is 12.9 Å². The highest BCUT2D eigenvalue weighted by atomic mass is 35.6. The molecule has 0 saturated heterocycles. The second-order valence-electron chi connectivity index (χ2n) is 2.90. The van der Waals surface area contributed by atoms with Crippen molar-refractivity contribution in [1.82, 2.24) is 4.98 Å². The summed E-state index contributed by atoms with van der Waals surface area (Å²) < 4.78 is -1.43. The van der Waals surface area contributed by atoms with Crippen molar-refractivity contribution in [1.29, 1.82) is 0 Å². The van der Waals surface area contributed by atoms with E-state index in [1.165, 1.54) is 11.3 Å². The maximum Gasteiger partial charge on any atom is 0.242 e. The molecule has 1 aromatic heterocycles. The van der Waals surface area contributed by atoms with Gasteiger partial charge < -0.3 is 0 Å². The van der Waals surface area contributed by atoms with Crippen molar-refractivity contribution in [3.8, 4) is 11.3 Å². The lowest BCUT2D eigenvalue weighted by Crippen LogP contribution is -1.98. The van der Waals surface area contributed by atoms with E-state index in [1.807, 2.05) is 35.7 Å². The SMILES string of the molecule is ClC(Cl)(Cl)c1nc(-c2ccccc2)cs1. The minimum absolute atomic E-state index is 0.492. The molecule has 0 N–H and O–H groups in total. The van der Waals surface area contributed by atoms with Crippen molar-refractivity contribution in [2.45, 2.75) is 3.79 Å². The van der Waals surface area contributed by atoms with Gasteiger partial charge in [0.2, 0.25) is 3.79 Å². The van der Waals surface area contributed by atoms with E-state index in [-0.39, 0.29) is 0 Å². The maximum absolute atomic E-state index is 5.74. The van der Waals surface area contributed by atoms with E-state index < -0.39 is 3.79 Å². The molecule has 0 aliphatic carbocycles. The third-order valence-electron chi connectivity index (χ3n) is 1.82. The molecule has 78 valence electrons. The van der Waals surface area contributed by atoms with Crippen LogP contribution in [0.25, 0.3) is 11.3 Å². The number of alkyl halides is 3. The van der Waals surface area contributed by atoms with Gasteiger partial charge in [-0.3, -0.25) is 0 Å². The predicted octanol–water partition coefficient (Wildman–Crippen LogP) is 4.64. The highest BCUT2D eigenvalue weighted by Gasteiger charge is 2.26. The van der Waals surface area contributed by atoms with E-state index in [0.29, 0.717) is 5.01 Å². The molecular weight excluding hydrogens is 273 g/mol. The molecular formula is C10H6Cl3NS. The molecule has 15 heavy (non-hydrogen) atoms. The van der Waals surface area contributed by atoms with Gasteiger partial charge in [0.05, 0.1) is 5.69 Å². The smallest absolute Gasteiger partial charge is 0.237 e. The number of aromatic nitrogens is 1. The van der Waals surface area contributed by atoms with Crippen LogP contribution < -0.4 is 0 Å². The molecule has 0 aliphatic heterocycles. The summed E-state index contributed by atoms with van der Waals surface area (Å²) in [6.07, 6.45) is 0. The van der Waals surface area contributed by atoms with Gasteiger partial charge >= 0.3 is 0 Å². The molecule has 1 aromatic carbocycles. The van der Waals surface area contributed by atoms with E-state index in [4.69, 9.17) is 34.8 Å². The zero-order valence-corrected chi connectivity index (χ0v) is 10.5. The second-order valence-corrected chi connectivity index (χ2v) is 6.04. The predicted molar refractivity (Wildman–Crippen MR) is 66.8 cm³/mol. The van der Waals surface area contributed by atoms with E-state index in [2.05, 4.69) is 4.98 Å². The van der Waals surface area contributed by atoms with E-state index >= 15 is 0 Å². The van der Waals surface area contributed by atoms with Gasteiger partial charge in [0.25, 0.3) is 0 Å². The fourth-order valence-corrected chi connectivity index (χ4v) is 2.37. The summed E-state index contributed by atoms with van der Waals surface area (Å²) >= 11 is 18.6. The first-order valence-electron chi connectivity index (χ1n) is 4.15. The molecule has 2 aromatic rings. The summed E-state index contributed by atoms with van der Waals surface area (Å²) in [6.45, 7) is 0. The van der Waals surface area contributed by atoms with E-state index in [1.54, 1.807) is 0 Å². The number of rotatable bonds is 1. The molecule has 0 atom stereocenters. The lowest BCUT2D eigenvalue weighted by atomic mass is 10.2. The van der Waals surface area contributed by atoms with Crippen LogP contribution in [-0.2, 0) is 3.79 Å². The summed E-state index contributed by atoms with van der Waals surface area (Å²) in [6, 6.07) is 9.79. The number of hydrogen-bond donors (Lipinski definition) is 0. The number of hydrogen-bond acceptors (Lipinski definition) is 2. The van der Waals surface area contributed by atoms with E-state index in [9.17, 15) is 0 Å². The van der Waals surface area contributed by atoms with Gasteiger partial charge in [0, 0.05) is 10.9 Å². The third-order valence-corrected chi connectivity index (χ3v) is 3.65. The Morgan fingerprint density at radius 3 is 2.27 bits per heavy atom. The third kappa shape index (κ3) is 2.64. The van der Waals surface area contributed by atoms with Crippen molar-refractivity contribution >= 4 is 46.1 Å². The Hall–Kier alpha value is -0.280. The van der Waals surface area contributed by atoms with Crippen molar-refractivity contribution in [3.63, 3.8) is 0 Å². The summed E-state index contributed by atoms with van der Waals surface area (Å²) in [5.74, 6) is 0. The molecule has 5 heteroatoms. The summed E-state index contributed by atoms with van der Waals surface area (Å²) in [5.41, 5.74) is 1.86. The van der Waals surface area contributed by atoms with Crippen molar-refractivity contribution in [2.24, 2.45) is 0 Å². The van der Waals surface area contributed by atoms with Crippen LogP contribution in [0, 0.1) is 0 Å². The highest BCUT2D eigenvalue weighted by molar-refractivity contribution is 7.11. The molecule has 0 spiro atoms. The van der Waals surface area contributed by atoms with Crippen LogP contribution in [0.3, 0.4) is 0 Å². The molecule has 0 aliphatic rings. The monoisotopic (exact) mass is 277 g/mol. The molecule has 0 radical (unpaired) electrons. The minimum Gasteiger partial charge on any atom is -0.237 e. The molecule has 0 bridgehead atoms. The zero-order chi connectivity index (χ0) is 10.9. The van der Waals surface area contributed by atoms with Crippen LogP contribution >= 0.6 is 46.1 Å². The molecule has 0 fully saturated rings. The molecule has 0 unspecified atom stereocenters. The van der Waals surface area contributed by atoms with Gasteiger partial charge in [0.1, 0.15) is 5.01 Å². The first kappa shape index (κ1) is 11.2. The summed E-state index contributed by atoms with van der Waals surface area (Å²) in [5, 5.41) is 2.37. The summed E-state index contributed by atoms with van der Waals surface area (Å²) in [4.78, 5) is 4.27. The normalized spacial score (nSPS) is 11.7. The average Bonchev–Trinajstić information content (AvgIpc) is 2.67. The Kier molecular flexibility index (Phi) is 3.21. The quantitative estimate of drug-likeness (QED) is 0.693. The van der Waals surface area contributed by atoms with Gasteiger partial charge in [-0.25, -0.2) is 4.98 Å². The standard InChI is InChI=1S/C10H6Cl3NS/c11-10(12,13)9-14-8(6-15-9)7-4-2-1-3-5-7/h1-6H. The molecule has 0 amide bonds. The Labute approximate surface area is 107 Å². The van der Waals surface area contributed by atoms with Gasteiger partial charge in [-0.05, 0) is 0 Å². The van der Waals surface area contributed by atoms with Gasteiger partial charge in [-0.15, -0.1) is 11.3 Å². The lowest BCUT2D eigenvalue weighted by Gasteiger charge is -2.04. The second kappa shape index (κ2) is 4.30. The maximum atomic E-state index is 5.74. The minimum atomic E-state index is -1.43. The van der Waals surface area contributed by atoms with Crippen molar-refractivity contribution in [3.05, 3.63) is 40.7 Å². The van der Waals surface area contributed by atoms with Crippen LogP contribution in [-0.4, -0.2) is 4.98 Å². The summed E-state index contributed by atoms with van der Waals surface area (Å²) in [7, 11) is 0. The van der Waals surface area contributed by atoms with Crippen LogP contribution in [0.5, 0.6) is 0 Å². The molecule has 1 heterocycles. The molecule has 1 nitrogen and oxygen atoms in total. The fraction of sp³-hybridized carbons (Fsp3) is 0.100. The number of halogens is 3. The average molecular weight is 279 g/mol.